The number of amides is 1. The maximum atomic E-state index is 13.4. The summed E-state index contributed by atoms with van der Waals surface area (Å²) >= 11 is 0. The first-order chi connectivity index (χ1) is 18.8. The van der Waals surface area contributed by atoms with Gasteiger partial charge in [-0.1, -0.05) is 56.3 Å². The first kappa shape index (κ1) is 29.1. The van der Waals surface area contributed by atoms with E-state index >= 15 is 0 Å². The molecule has 212 valence electrons. The van der Waals surface area contributed by atoms with Crippen LogP contribution >= 0.6 is 0 Å². The normalized spacial score (nSPS) is 26.5. The monoisotopic (exact) mass is 536 g/mol. The summed E-state index contributed by atoms with van der Waals surface area (Å²) in [5, 5.41) is 12.9. The van der Waals surface area contributed by atoms with E-state index in [4.69, 9.17) is 9.47 Å². The molecule has 2 N–H and O–H groups in total. The number of piperidine rings is 1. The number of hydrogen-bond acceptors (Lipinski definition) is 6. The van der Waals surface area contributed by atoms with Crippen molar-refractivity contribution in [3.8, 4) is 5.75 Å². The fourth-order valence-corrected chi connectivity index (χ4v) is 6.14. The van der Waals surface area contributed by atoms with Crippen molar-refractivity contribution in [1.82, 2.24) is 10.2 Å². The molecule has 7 heteroatoms. The Morgan fingerprint density at radius 1 is 1.08 bits per heavy atom. The van der Waals surface area contributed by atoms with E-state index in [-0.39, 0.29) is 42.0 Å². The van der Waals surface area contributed by atoms with Crippen molar-refractivity contribution >= 4 is 11.9 Å². The van der Waals surface area contributed by atoms with Crippen molar-refractivity contribution in [2.45, 2.75) is 70.0 Å². The molecular formula is C32H44N2O5. The standard InChI is InChI=1S/C32H44N2O5/c1-23-21-34(17-16-32(23,2)26-10-7-11-27(35)19-26)22-25(18-24-8-5-4-6-9-24)31(37)33-20-30(36)39-29-14-12-28(38-3)13-15-29/h4-11,19,23,25,28-29,35H,12-18,20-22H2,1-3H3,(H,33,37). The van der Waals surface area contributed by atoms with E-state index in [9.17, 15) is 14.7 Å². The molecule has 3 unspecified atom stereocenters. The first-order valence-electron chi connectivity index (χ1n) is 14.3. The lowest BCUT2D eigenvalue weighted by molar-refractivity contribution is -0.152. The topological polar surface area (TPSA) is 88.1 Å². The zero-order valence-corrected chi connectivity index (χ0v) is 23.6. The number of hydrogen-bond donors (Lipinski definition) is 2. The Morgan fingerprint density at radius 3 is 2.46 bits per heavy atom. The Bertz CT molecular complexity index is 1080. The molecule has 0 radical (unpaired) electrons. The van der Waals surface area contributed by atoms with Gasteiger partial charge in [0.05, 0.1) is 12.0 Å². The number of aromatic hydroxyl groups is 1. The maximum absolute atomic E-state index is 13.4. The van der Waals surface area contributed by atoms with Crippen LogP contribution in [0.15, 0.2) is 54.6 Å². The molecule has 0 bridgehead atoms. The van der Waals surface area contributed by atoms with Crippen LogP contribution < -0.4 is 5.32 Å². The summed E-state index contributed by atoms with van der Waals surface area (Å²) in [7, 11) is 1.72. The van der Waals surface area contributed by atoms with Gasteiger partial charge in [-0.15, -0.1) is 0 Å². The van der Waals surface area contributed by atoms with Gasteiger partial charge in [-0.3, -0.25) is 9.59 Å². The summed E-state index contributed by atoms with van der Waals surface area (Å²) in [6.07, 6.45) is 5.06. The van der Waals surface area contributed by atoms with Gasteiger partial charge in [0.15, 0.2) is 0 Å². The number of phenolic OH excluding ortho intramolecular Hbond substituents is 1. The number of carbonyl (C=O) groups is 2. The van der Waals surface area contributed by atoms with Crippen molar-refractivity contribution in [3.63, 3.8) is 0 Å². The van der Waals surface area contributed by atoms with E-state index in [1.165, 1.54) is 0 Å². The van der Waals surface area contributed by atoms with Crippen LogP contribution in [-0.2, 0) is 30.9 Å². The van der Waals surface area contributed by atoms with Crippen LogP contribution in [0.5, 0.6) is 5.75 Å². The molecule has 0 spiro atoms. The molecule has 1 saturated carbocycles. The van der Waals surface area contributed by atoms with Crippen molar-refractivity contribution < 1.29 is 24.2 Å². The first-order valence-corrected chi connectivity index (χ1v) is 14.3. The second-order valence-corrected chi connectivity index (χ2v) is 11.6. The number of nitrogens with zero attached hydrogens (tertiary/aromatic N) is 1. The summed E-state index contributed by atoms with van der Waals surface area (Å²) in [5.74, 6) is -0.139. The minimum Gasteiger partial charge on any atom is -0.508 e. The fraction of sp³-hybridized carbons (Fsp3) is 0.562. The van der Waals surface area contributed by atoms with Crippen LogP contribution in [0.2, 0.25) is 0 Å². The highest BCUT2D eigenvalue weighted by atomic mass is 16.5. The molecule has 39 heavy (non-hydrogen) atoms. The lowest BCUT2D eigenvalue weighted by Crippen LogP contribution is -2.50. The van der Waals surface area contributed by atoms with Gasteiger partial charge in [-0.25, -0.2) is 0 Å². The molecule has 1 saturated heterocycles. The van der Waals surface area contributed by atoms with E-state index in [1.54, 1.807) is 13.2 Å². The van der Waals surface area contributed by atoms with E-state index < -0.39 is 0 Å². The number of methoxy groups -OCH3 is 1. The molecule has 1 amide bonds. The SMILES string of the molecule is COC1CCC(OC(=O)CNC(=O)C(Cc2ccccc2)CN2CCC(C)(c3cccc(O)c3)C(C)C2)CC1. The molecule has 7 nitrogen and oxygen atoms in total. The lowest BCUT2D eigenvalue weighted by atomic mass is 9.68. The number of nitrogens with one attached hydrogen (secondary N) is 1. The van der Waals surface area contributed by atoms with Gasteiger partial charge >= 0.3 is 5.97 Å². The number of likely N-dealkylation sites (tertiary alicyclic amines) is 1. The Kier molecular flexibility index (Phi) is 10.0. The second-order valence-electron chi connectivity index (χ2n) is 11.6. The van der Waals surface area contributed by atoms with E-state index in [2.05, 4.69) is 30.1 Å². The smallest absolute Gasteiger partial charge is 0.325 e. The van der Waals surface area contributed by atoms with Crippen molar-refractivity contribution in [3.05, 3.63) is 65.7 Å². The molecule has 0 aromatic heterocycles. The fourth-order valence-electron chi connectivity index (χ4n) is 6.14. The summed E-state index contributed by atoms with van der Waals surface area (Å²) in [6, 6.07) is 17.6. The highest BCUT2D eigenvalue weighted by molar-refractivity contribution is 5.84. The summed E-state index contributed by atoms with van der Waals surface area (Å²) in [4.78, 5) is 28.3. The van der Waals surface area contributed by atoms with Crippen LogP contribution in [0.1, 0.15) is 57.1 Å². The third-order valence-corrected chi connectivity index (χ3v) is 8.91. The predicted molar refractivity (Wildman–Crippen MR) is 151 cm³/mol. The van der Waals surface area contributed by atoms with Crippen LogP contribution in [0.4, 0.5) is 0 Å². The lowest BCUT2D eigenvalue weighted by Gasteiger charge is -2.45. The van der Waals surface area contributed by atoms with Gasteiger partial charge in [0.1, 0.15) is 18.4 Å². The zero-order valence-electron chi connectivity index (χ0n) is 23.6. The molecule has 2 fully saturated rings. The number of esters is 1. The Morgan fingerprint density at radius 2 is 1.79 bits per heavy atom. The van der Waals surface area contributed by atoms with E-state index in [0.717, 1.165) is 56.3 Å². The quantitative estimate of drug-likeness (QED) is 0.436. The van der Waals surface area contributed by atoms with Gasteiger partial charge < -0.3 is 24.8 Å². The Balaban J connectivity index is 1.34. The summed E-state index contributed by atoms with van der Waals surface area (Å²) in [6.45, 7) is 6.75. The van der Waals surface area contributed by atoms with Crippen molar-refractivity contribution in [2.75, 3.05) is 33.3 Å². The highest BCUT2D eigenvalue weighted by Crippen LogP contribution is 2.40. The van der Waals surface area contributed by atoms with Crippen LogP contribution in [0.25, 0.3) is 0 Å². The third kappa shape index (κ3) is 7.83. The maximum Gasteiger partial charge on any atom is 0.325 e. The Labute approximate surface area is 232 Å². The minimum absolute atomic E-state index is 0.0431. The van der Waals surface area contributed by atoms with Gasteiger partial charge in [0.25, 0.3) is 0 Å². The van der Waals surface area contributed by atoms with Gasteiger partial charge in [-0.05, 0) is 79.7 Å². The summed E-state index contributed by atoms with van der Waals surface area (Å²) in [5.41, 5.74) is 2.21. The average Bonchev–Trinajstić information content (AvgIpc) is 2.94. The highest BCUT2D eigenvalue weighted by Gasteiger charge is 2.39. The van der Waals surface area contributed by atoms with Gasteiger partial charge in [-0.2, -0.15) is 0 Å². The second kappa shape index (κ2) is 13.4. The molecule has 2 aliphatic rings. The van der Waals surface area contributed by atoms with E-state index in [0.29, 0.717) is 24.6 Å². The van der Waals surface area contributed by atoms with Crippen LogP contribution in [0.3, 0.4) is 0 Å². The molecule has 3 atom stereocenters. The van der Waals surface area contributed by atoms with Gasteiger partial charge in [0, 0.05) is 20.2 Å². The molecule has 2 aromatic carbocycles. The Hall–Kier alpha value is -2.90. The van der Waals surface area contributed by atoms with Gasteiger partial charge in [0.2, 0.25) is 5.91 Å². The number of benzene rings is 2. The van der Waals surface area contributed by atoms with E-state index in [1.807, 2.05) is 42.5 Å². The third-order valence-electron chi connectivity index (χ3n) is 8.91. The summed E-state index contributed by atoms with van der Waals surface area (Å²) < 4.78 is 11.0. The van der Waals surface area contributed by atoms with Crippen molar-refractivity contribution in [2.24, 2.45) is 11.8 Å². The number of carbonyl (C=O) groups excluding carboxylic acids is 2. The number of phenols is 1. The number of ether oxygens (including phenoxy) is 2. The zero-order chi connectivity index (χ0) is 27.8. The molecular weight excluding hydrogens is 492 g/mol. The molecule has 1 aliphatic heterocycles. The average molecular weight is 537 g/mol. The van der Waals surface area contributed by atoms with Crippen LogP contribution in [0, 0.1) is 11.8 Å². The molecule has 1 heterocycles. The largest absolute Gasteiger partial charge is 0.508 e. The molecule has 2 aromatic rings. The predicted octanol–water partition coefficient (Wildman–Crippen LogP) is 4.47. The van der Waals surface area contributed by atoms with Crippen LogP contribution in [-0.4, -0.2) is 67.4 Å². The molecule has 4 rings (SSSR count). The van der Waals surface area contributed by atoms with Crippen molar-refractivity contribution in [1.29, 1.82) is 0 Å². The molecule has 1 aliphatic carbocycles. The number of rotatable bonds is 10. The minimum atomic E-state index is -0.379.